The van der Waals surface area contributed by atoms with Gasteiger partial charge in [-0.2, -0.15) is 0 Å². The zero-order chi connectivity index (χ0) is 21.4. The van der Waals surface area contributed by atoms with Gasteiger partial charge in [0.2, 0.25) is 5.91 Å². The maximum absolute atomic E-state index is 12.6. The van der Waals surface area contributed by atoms with Crippen LogP contribution in [0.5, 0.6) is 11.5 Å². The lowest BCUT2D eigenvalue weighted by Crippen LogP contribution is -2.13. The molecule has 0 aromatic heterocycles. The second-order valence-electron chi connectivity index (χ2n) is 7.70. The number of hydrogen-bond donors (Lipinski definition) is 1. The lowest BCUT2D eigenvalue weighted by molar-refractivity contribution is -0.111. The average Bonchev–Trinajstić information content (AvgIpc) is 2.70. The van der Waals surface area contributed by atoms with Crippen LogP contribution in [0.1, 0.15) is 69.6 Å². The van der Waals surface area contributed by atoms with Gasteiger partial charge in [0.25, 0.3) is 0 Å². The van der Waals surface area contributed by atoms with Crippen molar-refractivity contribution in [2.45, 2.75) is 52.9 Å². The molecule has 1 N–H and O–H groups in total. The van der Waals surface area contributed by atoms with E-state index in [4.69, 9.17) is 9.47 Å². The van der Waals surface area contributed by atoms with E-state index in [1.165, 1.54) is 0 Å². The topological polar surface area (TPSA) is 47.6 Å². The maximum Gasteiger partial charge on any atom is 0.248 e. The summed E-state index contributed by atoms with van der Waals surface area (Å²) in [5.74, 6) is 1.88. The minimum absolute atomic E-state index is 0.148. The first kappa shape index (κ1) is 22.5. The SMILES string of the molecule is CCCOc1ccc(C=CC(=O)Nc2c(C(C)C)cccc2C(C)C)cc1OC. The van der Waals surface area contributed by atoms with Gasteiger partial charge in [0.05, 0.1) is 13.7 Å². The van der Waals surface area contributed by atoms with Crippen molar-refractivity contribution in [1.82, 2.24) is 0 Å². The first-order chi connectivity index (χ1) is 13.9. The summed E-state index contributed by atoms with van der Waals surface area (Å²) in [6.45, 7) is 11.3. The molecule has 0 aliphatic rings. The smallest absolute Gasteiger partial charge is 0.248 e. The second kappa shape index (κ2) is 10.7. The van der Waals surface area contributed by atoms with E-state index >= 15 is 0 Å². The van der Waals surface area contributed by atoms with E-state index in [0.717, 1.165) is 28.8 Å². The van der Waals surface area contributed by atoms with Crippen molar-refractivity contribution in [2.24, 2.45) is 0 Å². The Balaban J connectivity index is 2.20. The van der Waals surface area contributed by atoms with E-state index < -0.39 is 0 Å². The Morgan fingerprint density at radius 1 is 1.03 bits per heavy atom. The Morgan fingerprint density at radius 3 is 2.24 bits per heavy atom. The molecule has 0 spiro atoms. The van der Waals surface area contributed by atoms with Gasteiger partial charge in [-0.3, -0.25) is 4.79 Å². The van der Waals surface area contributed by atoms with Gasteiger partial charge in [0.1, 0.15) is 0 Å². The largest absolute Gasteiger partial charge is 0.493 e. The molecule has 2 rings (SSSR count). The summed E-state index contributed by atoms with van der Waals surface area (Å²) >= 11 is 0. The third kappa shape index (κ3) is 6.11. The maximum atomic E-state index is 12.6. The van der Waals surface area contributed by atoms with Crippen LogP contribution >= 0.6 is 0 Å². The molecule has 2 aromatic carbocycles. The Labute approximate surface area is 174 Å². The second-order valence-corrected chi connectivity index (χ2v) is 7.70. The zero-order valence-corrected chi connectivity index (χ0v) is 18.4. The fraction of sp³-hybridized carbons (Fsp3) is 0.400. The van der Waals surface area contributed by atoms with E-state index in [9.17, 15) is 4.79 Å². The van der Waals surface area contributed by atoms with Gasteiger partial charge >= 0.3 is 0 Å². The molecule has 0 aliphatic carbocycles. The molecule has 0 bridgehead atoms. The van der Waals surface area contributed by atoms with Crippen molar-refractivity contribution in [1.29, 1.82) is 0 Å². The Hall–Kier alpha value is -2.75. The number of anilines is 1. The molecule has 2 aromatic rings. The average molecular weight is 396 g/mol. The monoisotopic (exact) mass is 395 g/mol. The van der Waals surface area contributed by atoms with Crippen LogP contribution in [0.25, 0.3) is 6.08 Å². The van der Waals surface area contributed by atoms with Crippen LogP contribution in [0.2, 0.25) is 0 Å². The van der Waals surface area contributed by atoms with Crippen molar-refractivity contribution < 1.29 is 14.3 Å². The summed E-state index contributed by atoms with van der Waals surface area (Å²) in [5.41, 5.74) is 4.10. The molecule has 0 atom stereocenters. The van der Waals surface area contributed by atoms with Gasteiger partial charge in [-0.1, -0.05) is 58.9 Å². The predicted molar refractivity (Wildman–Crippen MR) is 121 cm³/mol. The first-order valence-electron chi connectivity index (χ1n) is 10.3. The molecule has 156 valence electrons. The standard InChI is InChI=1S/C25H33NO3/c1-7-15-29-22-13-11-19(16-23(22)28-6)12-14-24(27)26-25-20(17(2)3)9-8-10-21(25)18(4)5/h8-14,16-18H,7,15H2,1-6H3,(H,26,27). The van der Waals surface area contributed by atoms with Crippen molar-refractivity contribution >= 4 is 17.7 Å². The number of nitrogens with one attached hydrogen (secondary N) is 1. The molecule has 0 unspecified atom stereocenters. The van der Waals surface area contributed by atoms with E-state index in [1.807, 2.05) is 18.2 Å². The molecule has 0 heterocycles. The van der Waals surface area contributed by atoms with Gasteiger partial charge < -0.3 is 14.8 Å². The summed E-state index contributed by atoms with van der Waals surface area (Å²) in [6.07, 6.45) is 4.28. The quantitative estimate of drug-likeness (QED) is 0.501. The highest BCUT2D eigenvalue weighted by Crippen LogP contribution is 2.32. The van der Waals surface area contributed by atoms with Crippen LogP contribution in [-0.4, -0.2) is 19.6 Å². The normalized spacial score (nSPS) is 11.3. The number of benzene rings is 2. The number of para-hydroxylation sites is 1. The molecular formula is C25H33NO3. The highest BCUT2D eigenvalue weighted by atomic mass is 16.5. The molecule has 4 nitrogen and oxygen atoms in total. The van der Waals surface area contributed by atoms with Gasteiger partial charge in [-0.15, -0.1) is 0 Å². The summed E-state index contributed by atoms with van der Waals surface area (Å²) in [7, 11) is 1.62. The summed E-state index contributed by atoms with van der Waals surface area (Å²) in [5, 5.41) is 3.10. The molecule has 0 aliphatic heterocycles. The fourth-order valence-electron chi connectivity index (χ4n) is 3.15. The van der Waals surface area contributed by atoms with E-state index in [1.54, 1.807) is 19.3 Å². The number of amides is 1. The van der Waals surface area contributed by atoms with Crippen molar-refractivity contribution in [2.75, 3.05) is 19.0 Å². The first-order valence-corrected chi connectivity index (χ1v) is 10.3. The van der Waals surface area contributed by atoms with Crippen LogP contribution in [0.15, 0.2) is 42.5 Å². The van der Waals surface area contributed by atoms with Crippen molar-refractivity contribution in [3.8, 4) is 11.5 Å². The molecular weight excluding hydrogens is 362 g/mol. The lowest BCUT2D eigenvalue weighted by atomic mass is 9.92. The number of rotatable bonds is 9. The molecule has 4 heteroatoms. The van der Waals surface area contributed by atoms with E-state index in [-0.39, 0.29) is 5.91 Å². The van der Waals surface area contributed by atoms with Gasteiger partial charge in [0, 0.05) is 11.8 Å². The van der Waals surface area contributed by atoms with E-state index in [2.05, 4.69) is 58.1 Å². The number of carbonyl (C=O) groups is 1. The highest BCUT2D eigenvalue weighted by Gasteiger charge is 2.15. The minimum atomic E-state index is -0.148. The molecule has 0 saturated heterocycles. The lowest BCUT2D eigenvalue weighted by Gasteiger charge is -2.19. The minimum Gasteiger partial charge on any atom is -0.493 e. The summed E-state index contributed by atoms with van der Waals surface area (Å²) in [6, 6.07) is 11.9. The third-order valence-electron chi connectivity index (χ3n) is 4.70. The van der Waals surface area contributed by atoms with Gasteiger partial charge in [-0.05, 0) is 53.2 Å². The van der Waals surface area contributed by atoms with Crippen molar-refractivity contribution in [3.05, 3.63) is 59.2 Å². The summed E-state index contributed by atoms with van der Waals surface area (Å²) in [4.78, 5) is 12.6. The van der Waals surface area contributed by atoms with E-state index in [0.29, 0.717) is 29.9 Å². The van der Waals surface area contributed by atoms with Crippen LogP contribution in [0.4, 0.5) is 5.69 Å². The molecule has 0 saturated carbocycles. The molecule has 29 heavy (non-hydrogen) atoms. The van der Waals surface area contributed by atoms with Crippen LogP contribution in [0, 0.1) is 0 Å². The molecule has 0 fully saturated rings. The third-order valence-corrected chi connectivity index (χ3v) is 4.70. The predicted octanol–water partition coefficient (Wildman–Crippen LogP) is 6.38. The van der Waals surface area contributed by atoms with Gasteiger partial charge in [0.15, 0.2) is 11.5 Å². The Morgan fingerprint density at radius 2 is 1.69 bits per heavy atom. The van der Waals surface area contributed by atoms with Crippen molar-refractivity contribution in [3.63, 3.8) is 0 Å². The Kier molecular flexibility index (Phi) is 8.32. The highest BCUT2D eigenvalue weighted by molar-refractivity contribution is 6.03. The zero-order valence-electron chi connectivity index (χ0n) is 18.4. The Bertz CT molecular complexity index is 827. The fourth-order valence-corrected chi connectivity index (χ4v) is 3.15. The van der Waals surface area contributed by atoms with Crippen LogP contribution in [-0.2, 0) is 4.79 Å². The van der Waals surface area contributed by atoms with Crippen LogP contribution < -0.4 is 14.8 Å². The summed E-state index contributed by atoms with van der Waals surface area (Å²) < 4.78 is 11.1. The number of ether oxygens (including phenoxy) is 2. The van der Waals surface area contributed by atoms with Crippen LogP contribution in [0.3, 0.4) is 0 Å². The molecule has 0 radical (unpaired) electrons. The van der Waals surface area contributed by atoms with Gasteiger partial charge in [-0.25, -0.2) is 0 Å². The number of hydrogen-bond acceptors (Lipinski definition) is 3. The number of methoxy groups -OCH3 is 1. The number of carbonyl (C=O) groups excluding carboxylic acids is 1. The molecule has 1 amide bonds.